The van der Waals surface area contributed by atoms with Crippen molar-refractivity contribution in [1.82, 2.24) is 19.9 Å². The van der Waals surface area contributed by atoms with E-state index in [2.05, 4.69) is 20.3 Å². The number of nitrogens with zero attached hydrogens (tertiary/aromatic N) is 4. The number of fused-ring (bicyclic) bond motifs is 1. The molecule has 0 bridgehead atoms. The van der Waals surface area contributed by atoms with Crippen LogP contribution < -0.4 is 5.32 Å². The minimum Gasteiger partial charge on any atom is -0.391 e. The van der Waals surface area contributed by atoms with Gasteiger partial charge in [0, 0.05) is 25.5 Å². The third-order valence-electron chi connectivity index (χ3n) is 4.49. The molecule has 4 rings (SSSR count). The fourth-order valence-corrected chi connectivity index (χ4v) is 3.87. The van der Waals surface area contributed by atoms with Crippen molar-refractivity contribution < 1.29 is 9.90 Å². The predicted molar refractivity (Wildman–Crippen MR) is 100 cm³/mol. The molecular formula is C18H19N5O2S. The first kappa shape index (κ1) is 16.9. The first-order chi connectivity index (χ1) is 12.6. The summed E-state index contributed by atoms with van der Waals surface area (Å²) in [5.74, 6) is 0.254. The summed E-state index contributed by atoms with van der Waals surface area (Å²) in [6, 6.07) is 5.70. The Morgan fingerprint density at radius 1 is 1.42 bits per heavy atom. The molecule has 0 unspecified atom stereocenters. The highest BCUT2D eigenvalue weighted by atomic mass is 32.1. The highest BCUT2D eigenvalue weighted by Gasteiger charge is 2.28. The van der Waals surface area contributed by atoms with Gasteiger partial charge in [-0.05, 0) is 36.4 Å². The Morgan fingerprint density at radius 3 is 3.04 bits per heavy atom. The largest absolute Gasteiger partial charge is 0.391 e. The van der Waals surface area contributed by atoms with E-state index in [0.717, 1.165) is 15.8 Å². The van der Waals surface area contributed by atoms with E-state index in [4.69, 9.17) is 0 Å². The molecule has 1 aliphatic rings. The molecule has 0 aliphatic carbocycles. The van der Waals surface area contributed by atoms with Crippen molar-refractivity contribution in [3.05, 3.63) is 47.2 Å². The molecule has 7 nitrogen and oxygen atoms in total. The normalized spacial score (nSPS) is 18.2. The van der Waals surface area contributed by atoms with E-state index in [1.165, 1.54) is 11.3 Å². The summed E-state index contributed by atoms with van der Waals surface area (Å²) in [6.07, 6.45) is 3.67. The standard InChI is InChI=1S/C18H19N5O2S/c1-11(12-3-2-6-19-9-12)20-18-21-14-5-8-26-16(14)15(22-18)17(25)23-7-4-13(24)10-23/h2-3,5-6,8-9,11,13,24H,4,7,10H2,1H3,(H,20,21,22)/t11-,13-/m0/s1. The van der Waals surface area contributed by atoms with Crippen molar-refractivity contribution >= 4 is 33.4 Å². The van der Waals surface area contributed by atoms with Crippen LogP contribution >= 0.6 is 11.3 Å². The predicted octanol–water partition coefficient (Wildman–Crippen LogP) is 2.47. The van der Waals surface area contributed by atoms with Gasteiger partial charge in [-0.25, -0.2) is 9.97 Å². The second-order valence-corrected chi connectivity index (χ2v) is 7.29. The Balaban J connectivity index is 1.65. The lowest BCUT2D eigenvalue weighted by Gasteiger charge is -2.17. The minimum absolute atomic E-state index is 0.0450. The summed E-state index contributed by atoms with van der Waals surface area (Å²) in [5, 5.41) is 14.9. The third-order valence-corrected chi connectivity index (χ3v) is 5.40. The Kier molecular flexibility index (Phi) is 4.52. The molecule has 0 radical (unpaired) electrons. The molecule has 4 heterocycles. The minimum atomic E-state index is -0.456. The molecule has 1 amide bonds. The van der Waals surface area contributed by atoms with Crippen LogP contribution in [0, 0.1) is 0 Å². The summed E-state index contributed by atoms with van der Waals surface area (Å²) in [5.41, 5.74) is 2.14. The molecular weight excluding hydrogens is 350 g/mol. The van der Waals surface area contributed by atoms with Gasteiger partial charge in [-0.1, -0.05) is 6.07 Å². The van der Waals surface area contributed by atoms with Crippen LogP contribution in [-0.2, 0) is 0 Å². The summed E-state index contributed by atoms with van der Waals surface area (Å²) in [4.78, 5) is 27.7. The van der Waals surface area contributed by atoms with Gasteiger partial charge in [0.2, 0.25) is 5.95 Å². The van der Waals surface area contributed by atoms with Crippen LogP contribution in [0.25, 0.3) is 10.2 Å². The van der Waals surface area contributed by atoms with Crippen LogP contribution in [0.5, 0.6) is 0 Å². The molecule has 1 saturated heterocycles. The number of hydrogen-bond donors (Lipinski definition) is 2. The average Bonchev–Trinajstić information content (AvgIpc) is 3.30. The van der Waals surface area contributed by atoms with Gasteiger partial charge < -0.3 is 15.3 Å². The lowest BCUT2D eigenvalue weighted by Crippen LogP contribution is -2.30. The van der Waals surface area contributed by atoms with Crippen LogP contribution in [-0.4, -0.2) is 50.1 Å². The molecule has 0 spiro atoms. The number of anilines is 1. The van der Waals surface area contributed by atoms with Crippen molar-refractivity contribution in [2.45, 2.75) is 25.5 Å². The monoisotopic (exact) mass is 369 g/mol. The number of likely N-dealkylation sites (tertiary alicyclic amines) is 1. The van der Waals surface area contributed by atoms with Gasteiger partial charge in [0.05, 0.1) is 22.4 Å². The fourth-order valence-electron chi connectivity index (χ4n) is 3.06. The average molecular weight is 369 g/mol. The number of hydrogen-bond acceptors (Lipinski definition) is 7. The Hall–Kier alpha value is -2.58. The molecule has 1 fully saturated rings. The number of aliphatic hydroxyl groups is 1. The van der Waals surface area contributed by atoms with Crippen molar-refractivity contribution in [2.24, 2.45) is 0 Å². The van der Waals surface area contributed by atoms with E-state index >= 15 is 0 Å². The van der Waals surface area contributed by atoms with Gasteiger partial charge in [-0.3, -0.25) is 9.78 Å². The van der Waals surface area contributed by atoms with Gasteiger partial charge >= 0.3 is 0 Å². The quantitative estimate of drug-likeness (QED) is 0.734. The molecule has 8 heteroatoms. The lowest BCUT2D eigenvalue weighted by molar-refractivity contribution is 0.0761. The first-order valence-electron chi connectivity index (χ1n) is 8.51. The maximum absolute atomic E-state index is 12.9. The van der Waals surface area contributed by atoms with Gasteiger partial charge in [-0.15, -0.1) is 11.3 Å². The maximum atomic E-state index is 12.9. The van der Waals surface area contributed by atoms with Gasteiger partial charge in [0.15, 0.2) is 5.69 Å². The van der Waals surface area contributed by atoms with Gasteiger partial charge in [0.1, 0.15) is 0 Å². The molecule has 26 heavy (non-hydrogen) atoms. The highest BCUT2D eigenvalue weighted by molar-refractivity contribution is 7.17. The van der Waals surface area contributed by atoms with Crippen molar-refractivity contribution in [1.29, 1.82) is 0 Å². The molecule has 2 atom stereocenters. The number of β-amino-alcohol motifs (C(OH)–C–C–N with tert-alkyl or cyclic N) is 1. The summed E-state index contributed by atoms with van der Waals surface area (Å²) < 4.78 is 0.774. The molecule has 2 N–H and O–H groups in total. The van der Waals surface area contributed by atoms with Crippen LogP contribution in [0.1, 0.15) is 35.4 Å². The Morgan fingerprint density at radius 2 is 2.31 bits per heavy atom. The molecule has 3 aromatic heterocycles. The number of pyridine rings is 1. The summed E-state index contributed by atoms with van der Waals surface area (Å²) in [7, 11) is 0. The van der Waals surface area contributed by atoms with Crippen LogP contribution in [0.3, 0.4) is 0 Å². The molecule has 0 aromatic carbocycles. The van der Waals surface area contributed by atoms with E-state index in [-0.39, 0.29) is 11.9 Å². The van der Waals surface area contributed by atoms with Crippen LogP contribution in [0.4, 0.5) is 5.95 Å². The van der Waals surface area contributed by atoms with Gasteiger partial charge in [-0.2, -0.15) is 0 Å². The van der Waals surface area contributed by atoms with E-state index in [1.54, 1.807) is 17.3 Å². The second-order valence-electron chi connectivity index (χ2n) is 6.38. The number of nitrogens with one attached hydrogen (secondary N) is 1. The number of rotatable bonds is 4. The zero-order valence-electron chi connectivity index (χ0n) is 14.3. The maximum Gasteiger partial charge on any atom is 0.274 e. The molecule has 1 aliphatic heterocycles. The zero-order chi connectivity index (χ0) is 18.1. The molecule has 3 aromatic rings. The number of carbonyl (C=O) groups is 1. The third kappa shape index (κ3) is 3.25. The summed E-state index contributed by atoms with van der Waals surface area (Å²) in [6.45, 7) is 2.90. The van der Waals surface area contributed by atoms with Crippen molar-refractivity contribution in [3.8, 4) is 0 Å². The topological polar surface area (TPSA) is 91.2 Å². The first-order valence-corrected chi connectivity index (χ1v) is 9.39. The van der Waals surface area contributed by atoms with Crippen LogP contribution in [0.2, 0.25) is 0 Å². The SMILES string of the molecule is C[C@H](Nc1nc(C(=O)N2CC[C@H](O)C2)c2sccc2n1)c1cccnc1. The number of amides is 1. The summed E-state index contributed by atoms with van der Waals surface area (Å²) >= 11 is 1.45. The Labute approximate surface area is 154 Å². The van der Waals surface area contributed by atoms with Crippen molar-refractivity contribution in [3.63, 3.8) is 0 Å². The van der Waals surface area contributed by atoms with E-state index < -0.39 is 6.10 Å². The number of thiophene rings is 1. The number of carbonyl (C=O) groups excluding carboxylic acids is 1. The number of aliphatic hydroxyl groups excluding tert-OH is 1. The van der Waals surface area contributed by atoms with Gasteiger partial charge in [0.25, 0.3) is 5.91 Å². The van der Waals surface area contributed by atoms with E-state index in [0.29, 0.717) is 31.2 Å². The molecule has 0 saturated carbocycles. The Bertz CT molecular complexity index is 930. The smallest absolute Gasteiger partial charge is 0.274 e. The number of aromatic nitrogens is 3. The zero-order valence-corrected chi connectivity index (χ0v) is 15.1. The van der Waals surface area contributed by atoms with Crippen molar-refractivity contribution in [2.75, 3.05) is 18.4 Å². The molecule has 134 valence electrons. The van der Waals surface area contributed by atoms with E-state index in [1.807, 2.05) is 30.5 Å². The lowest BCUT2D eigenvalue weighted by atomic mass is 10.1. The van der Waals surface area contributed by atoms with Crippen LogP contribution in [0.15, 0.2) is 36.0 Å². The van der Waals surface area contributed by atoms with E-state index in [9.17, 15) is 9.90 Å². The highest BCUT2D eigenvalue weighted by Crippen LogP contribution is 2.27. The second kappa shape index (κ2) is 6.97. The fraction of sp³-hybridized carbons (Fsp3) is 0.333.